The molecule has 84 valence electrons. The lowest BCUT2D eigenvalue weighted by atomic mass is 10.0. The van der Waals surface area contributed by atoms with Crippen LogP contribution in [-0.4, -0.2) is 12.2 Å². The summed E-state index contributed by atoms with van der Waals surface area (Å²) in [6.45, 7) is 1.90. The van der Waals surface area contributed by atoms with E-state index in [0.29, 0.717) is 5.76 Å². The van der Waals surface area contributed by atoms with Crippen molar-refractivity contribution in [1.82, 2.24) is 0 Å². The van der Waals surface area contributed by atoms with Gasteiger partial charge < -0.3 is 14.3 Å². The van der Waals surface area contributed by atoms with E-state index in [2.05, 4.69) is 0 Å². The molecule has 2 rings (SSSR count). The van der Waals surface area contributed by atoms with Gasteiger partial charge >= 0.3 is 0 Å². The Bertz CT molecular complexity index is 474. The molecule has 0 amide bonds. The largest absolute Gasteiger partial charge is 0.497 e. The lowest BCUT2D eigenvalue weighted by Gasteiger charge is -2.10. The lowest BCUT2D eigenvalue weighted by molar-refractivity contribution is 0.188. The van der Waals surface area contributed by atoms with Crippen molar-refractivity contribution < 1.29 is 14.3 Å². The lowest BCUT2D eigenvalue weighted by Crippen LogP contribution is -2.00. The van der Waals surface area contributed by atoms with Crippen LogP contribution in [0.15, 0.2) is 41.0 Å². The van der Waals surface area contributed by atoms with Gasteiger partial charge in [-0.2, -0.15) is 0 Å². The molecule has 16 heavy (non-hydrogen) atoms. The first kappa shape index (κ1) is 10.8. The smallest absolute Gasteiger partial charge is 0.139 e. The molecule has 0 fully saturated rings. The number of hydrogen-bond donors (Lipinski definition) is 1. The average molecular weight is 218 g/mol. The molecular weight excluding hydrogens is 204 g/mol. The second-order valence-corrected chi connectivity index (χ2v) is 3.65. The quantitative estimate of drug-likeness (QED) is 0.861. The van der Waals surface area contributed by atoms with E-state index in [9.17, 15) is 5.11 Å². The van der Waals surface area contributed by atoms with Crippen molar-refractivity contribution in [1.29, 1.82) is 0 Å². The van der Waals surface area contributed by atoms with Crippen LogP contribution in [0.1, 0.15) is 23.0 Å². The molecule has 0 radical (unpaired) electrons. The third kappa shape index (κ3) is 1.95. The van der Waals surface area contributed by atoms with Gasteiger partial charge in [0.25, 0.3) is 0 Å². The normalized spacial score (nSPS) is 12.4. The van der Waals surface area contributed by atoms with Gasteiger partial charge in [-0.1, -0.05) is 12.1 Å². The number of benzene rings is 1. The van der Waals surface area contributed by atoms with Crippen LogP contribution in [0.25, 0.3) is 0 Å². The summed E-state index contributed by atoms with van der Waals surface area (Å²) in [5.74, 6) is 1.30. The molecule has 0 aliphatic heterocycles. The predicted molar refractivity (Wildman–Crippen MR) is 60.5 cm³/mol. The number of rotatable bonds is 3. The molecule has 3 heteroatoms. The van der Waals surface area contributed by atoms with Crippen molar-refractivity contribution in [3.63, 3.8) is 0 Å². The Kier molecular flexibility index (Phi) is 2.97. The summed E-state index contributed by atoms with van der Waals surface area (Å²) in [5, 5.41) is 10.1. The second-order valence-electron chi connectivity index (χ2n) is 3.65. The van der Waals surface area contributed by atoms with Gasteiger partial charge in [0.1, 0.15) is 17.6 Å². The van der Waals surface area contributed by atoms with Crippen LogP contribution in [0.5, 0.6) is 5.75 Å². The Morgan fingerprint density at radius 3 is 2.75 bits per heavy atom. The van der Waals surface area contributed by atoms with Crippen molar-refractivity contribution in [3.05, 3.63) is 53.5 Å². The fourth-order valence-electron chi connectivity index (χ4n) is 1.63. The minimum absolute atomic E-state index is 0.577. The van der Waals surface area contributed by atoms with Gasteiger partial charge in [0, 0.05) is 0 Å². The van der Waals surface area contributed by atoms with Crippen molar-refractivity contribution in [2.45, 2.75) is 13.0 Å². The number of ether oxygens (including phenoxy) is 1. The third-order valence-corrected chi connectivity index (χ3v) is 2.56. The maximum atomic E-state index is 10.1. The number of furan rings is 1. The van der Waals surface area contributed by atoms with E-state index in [1.165, 1.54) is 0 Å². The monoisotopic (exact) mass is 218 g/mol. The zero-order chi connectivity index (χ0) is 11.5. The summed E-state index contributed by atoms with van der Waals surface area (Å²) >= 11 is 0. The first-order chi connectivity index (χ1) is 7.72. The summed E-state index contributed by atoms with van der Waals surface area (Å²) in [5.41, 5.74) is 1.70. The maximum absolute atomic E-state index is 10.1. The summed E-state index contributed by atoms with van der Waals surface area (Å²) in [6.07, 6.45) is 0.832. The van der Waals surface area contributed by atoms with Crippen LogP contribution >= 0.6 is 0 Å². The van der Waals surface area contributed by atoms with Gasteiger partial charge in [0.2, 0.25) is 0 Å². The van der Waals surface area contributed by atoms with E-state index in [-0.39, 0.29) is 0 Å². The van der Waals surface area contributed by atoms with Crippen LogP contribution in [0.2, 0.25) is 0 Å². The Balaban J connectivity index is 2.33. The highest BCUT2D eigenvalue weighted by atomic mass is 16.5. The molecule has 0 spiro atoms. The second kappa shape index (κ2) is 4.41. The highest BCUT2D eigenvalue weighted by Gasteiger charge is 2.16. The van der Waals surface area contributed by atoms with E-state index in [0.717, 1.165) is 16.9 Å². The molecule has 1 N–H and O–H groups in total. The summed E-state index contributed by atoms with van der Waals surface area (Å²) in [4.78, 5) is 0. The number of aryl methyl sites for hydroxylation is 1. The minimum Gasteiger partial charge on any atom is -0.497 e. The SMILES string of the molecule is COc1cccc(C(O)c2occc2C)c1. The number of aliphatic hydroxyl groups excluding tert-OH is 1. The third-order valence-electron chi connectivity index (χ3n) is 2.56. The highest BCUT2D eigenvalue weighted by Crippen LogP contribution is 2.27. The molecule has 0 aliphatic rings. The van der Waals surface area contributed by atoms with Crippen LogP contribution < -0.4 is 4.74 Å². The van der Waals surface area contributed by atoms with E-state index < -0.39 is 6.10 Å². The summed E-state index contributed by atoms with van der Waals surface area (Å²) < 4.78 is 10.4. The Labute approximate surface area is 94.3 Å². The summed E-state index contributed by atoms with van der Waals surface area (Å²) in [6, 6.07) is 9.15. The van der Waals surface area contributed by atoms with Gasteiger partial charge in [0.05, 0.1) is 13.4 Å². The molecule has 1 aromatic heterocycles. The molecule has 0 bridgehead atoms. The molecular formula is C13H14O3. The van der Waals surface area contributed by atoms with Crippen LogP contribution in [-0.2, 0) is 0 Å². The highest BCUT2D eigenvalue weighted by molar-refractivity contribution is 5.34. The molecule has 3 nitrogen and oxygen atoms in total. The first-order valence-electron chi connectivity index (χ1n) is 5.08. The van der Waals surface area contributed by atoms with Gasteiger partial charge in [-0.25, -0.2) is 0 Å². The van der Waals surface area contributed by atoms with Gasteiger partial charge in [-0.15, -0.1) is 0 Å². The van der Waals surface area contributed by atoms with Crippen molar-refractivity contribution in [3.8, 4) is 5.75 Å². The molecule has 0 saturated heterocycles. The molecule has 1 unspecified atom stereocenters. The van der Waals surface area contributed by atoms with Crippen molar-refractivity contribution >= 4 is 0 Å². The molecule has 2 aromatic rings. The zero-order valence-electron chi connectivity index (χ0n) is 9.31. The van der Waals surface area contributed by atoms with Crippen molar-refractivity contribution in [2.75, 3.05) is 7.11 Å². The molecule has 0 aliphatic carbocycles. The van der Waals surface area contributed by atoms with Crippen LogP contribution in [0.3, 0.4) is 0 Å². The Hall–Kier alpha value is -1.74. The predicted octanol–water partition coefficient (Wildman–Crippen LogP) is 2.68. The molecule has 1 aromatic carbocycles. The van der Waals surface area contributed by atoms with E-state index in [4.69, 9.17) is 9.15 Å². The fraction of sp³-hybridized carbons (Fsp3) is 0.231. The molecule has 1 atom stereocenters. The van der Waals surface area contributed by atoms with Crippen molar-refractivity contribution in [2.24, 2.45) is 0 Å². The Morgan fingerprint density at radius 2 is 2.12 bits per heavy atom. The Morgan fingerprint density at radius 1 is 1.31 bits per heavy atom. The van der Waals surface area contributed by atoms with Gasteiger partial charge in [-0.3, -0.25) is 0 Å². The van der Waals surface area contributed by atoms with Gasteiger partial charge in [-0.05, 0) is 36.2 Å². The topological polar surface area (TPSA) is 42.6 Å². The average Bonchev–Trinajstić information content (AvgIpc) is 2.74. The van der Waals surface area contributed by atoms with Gasteiger partial charge in [0.15, 0.2) is 0 Å². The maximum Gasteiger partial charge on any atom is 0.139 e. The molecule has 1 heterocycles. The zero-order valence-corrected chi connectivity index (χ0v) is 9.31. The minimum atomic E-state index is -0.745. The van der Waals surface area contributed by atoms with Crippen LogP contribution in [0, 0.1) is 6.92 Å². The number of aliphatic hydroxyl groups is 1. The standard InChI is InChI=1S/C13H14O3/c1-9-6-7-16-13(9)12(14)10-4-3-5-11(8-10)15-2/h3-8,12,14H,1-2H3. The van der Waals surface area contributed by atoms with E-state index in [1.54, 1.807) is 19.4 Å². The summed E-state index contributed by atoms with van der Waals surface area (Å²) in [7, 11) is 1.60. The first-order valence-corrected chi connectivity index (χ1v) is 5.08. The van der Waals surface area contributed by atoms with E-state index >= 15 is 0 Å². The number of methoxy groups -OCH3 is 1. The van der Waals surface area contributed by atoms with E-state index in [1.807, 2.05) is 31.2 Å². The van der Waals surface area contributed by atoms with Crippen LogP contribution in [0.4, 0.5) is 0 Å². The number of hydrogen-bond acceptors (Lipinski definition) is 3. The fourth-order valence-corrected chi connectivity index (χ4v) is 1.63. The molecule has 0 saturated carbocycles.